The lowest BCUT2D eigenvalue weighted by molar-refractivity contribution is 0.302. The average molecular weight is 268 g/mol. The molecule has 0 spiro atoms. The quantitative estimate of drug-likeness (QED) is 0.905. The third-order valence-corrected chi connectivity index (χ3v) is 3.01. The van der Waals surface area contributed by atoms with Gasteiger partial charge in [0.2, 0.25) is 0 Å². The van der Waals surface area contributed by atoms with Gasteiger partial charge in [0.1, 0.15) is 18.1 Å². The Morgan fingerprint density at radius 2 is 1.95 bits per heavy atom. The highest BCUT2D eigenvalue weighted by Gasteiger charge is 2.06. The minimum absolute atomic E-state index is 0.336. The summed E-state index contributed by atoms with van der Waals surface area (Å²) in [5, 5.41) is 9.04. The van der Waals surface area contributed by atoms with Crippen LogP contribution in [0.15, 0.2) is 42.5 Å². The number of ether oxygens (including phenoxy) is 2. The van der Waals surface area contributed by atoms with Crippen molar-refractivity contribution in [2.24, 2.45) is 5.73 Å². The van der Waals surface area contributed by atoms with Gasteiger partial charge < -0.3 is 15.2 Å². The van der Waals surface area contributed by atoms with Crippen LogP contribution in [0.1, 0.15) is 16.7 Å². The van der Waals surface area contributed by atoms with Crippen molar-refractivity contribution in [1.82, 2.24) is 0 Å². The summed E-state index contributed by atoms with van der Waals surface area (Å²) in [5.41, 5.74) is 8.06. The van der Waals surface area contributed by atoms with Crippen LogP contribution in [0.3, 0.4) is 0 Å². The summed E-state index contributed by atoms with van der Waals surface area (Å²) in [6.45, 7) is 0.704. The summed E-state index contributed by atoms with van der Waals surface area (Å²) in [7, 11) is 1.61. The second-order valence-corrected chi connectivity index (χ2v) is 4.24. The Kier molecular flexibility index (Phi) is 4.59. The van der Waals surface area contributed by atoms with E-state index in [0.717, 1.165) is 16.9 Å². The zero-order chi connectivity index (χ0) is 14.4. The first-order valence-corrected chi connectivity index (χ1v) is 6.26. The van der Waals surface area contributed by atoms with Crippen LogP contribution in [0.2, 0.25) is 0 Å². The standard InChI is InChI=1S/C16H16N2O2/c1-19-15-6-7-16(14(8-15)10-18)20-11-13-5-3-2-4-12(13)9-17/h2-8H,10-11,18H2,1H3. The molecular formula is C16H16N2O2. The van der Waals surface area contributed by atoms with Crippen molar-refractivity contribution in [2.45, 2.75) is 13.2 Å². The molecule has 0 aliphatic carbocycles. The first kappa shape index (κ1) is 13.9. The van der Waals surface area contributed by atoms with Gasteiger partial charge in [-0.15, -0.1) is 0 Å². The van der Waals surface area contributed by atoms with Gasteiger partial charge in [-0.05, 0) is 24.3 Å². The molecule has 0 unspecified atom stereocenters. The van der Waals surface area contributed by atoms with Crippen LogP contribution in [-0.2, 0) is 13.2 Å². The number of rotatable bonds is 5. The molecule has 0 atom stereocenters. The fraction of sp³-hybridized carbons (Fsp3) is 0.188. The fourth-order valence-electron chi connectivity index (χ4n) is 1.89. The number of methoxy groups -OCH3 is 1. The topological polar surface area (TPSA) is 68.3 Å². The van der Waals surface area contributed by atoms with Crippen molar-refractivity contribution in [1.29, 1.82) is 5.26 Å². The fourth-order valence-corrected chi connectivity index (χ4v) is 1.89. The van der Waals surface area contributed by atoms with E-state index in [1.54, 1.807) is 13.2 Å². The Morgan fingerprint density at radius 1 is 1.15 bits per heavy atom. The molecule has 2 aromatic carbocycles. The molecule has 2 aromatic rings. The Labute approximate surface area is 118 Å². The Balaban J connectivity index is 2.17. The predicted octanol–water partition coefficient (Wildman–Crippen LogP) is 2.60. The van der Waals surface area contributed by atoms with Gasteiger partial charge in [-0.25, -0.2) is 0 Å². The minimum Gasteiger partial charge on any atom is -0.497 e. The third-order valence-electron chi connectivity index (χ3n) is 3.01. The summed E-state index contributed by atoms with van der Waals surface area (Å²) in [5.74, 6) is 1.45. The van der Waals surface area contributed by atoms with E-state index in [2.05, 4.69) is 6.07 Å². The van der Waals surface area contributed by atoms with Crippen molar-refractivity contribution in [3.05, 3.63) is 59.2 Å². The Morgan fingerprint density at radius 3 is 2.65 bits per heavy atom. The molecule has 0 bridgehead atoms. The molecule has 0 fully saturated rings. The Hall–Kier alpha value is -2.51. The number of benzene rings is 2. The van der Waals surface area contributed by atoms with E-state index in [1.165, 1.54) is 0 Å². The van der Waals surface area contributed by atoms with Crippen molar-refractivity contribution in [3.8, 4) is 17.6 Å². The van der Waals surface area contributed by atoms with Gasteiger partial charge in [-0.2, -0.15) is 5.26 Å². The van der Waals surface area contributed by atoms with Crippen LogP contribution < -0.4 is 15.2 Å². The number of nitriles is 1. The number of hydrogen-bond donors (Lipinski definition) is 1. The van der Waals surface area contributed by atoms with E-state index < -0.39 is 0 Å². The molecule has 0 saturated heterocycles. The highest BCUT2D eigenvalue weighted by atomic mass is 16.5. The van der Waals surface area contributed by atoms with Gasteiger partial charge >= 0.3 is 0 Å². The largest absolute Gasteiger partial charge is 0.497 e. The van der Waals surface area contributed by atoms with Crippen molar-refractivity contribution < 1.29 is 9.47 Å². The van der Waals surface area contributed by atoms with Crippen LogP contribution in [0.5, 0.6) is 11.5 Å². The maximum Gasteiger partial charge on any atom is 0.124 e. The summed E-state index contributed by atoms with van der Waals surface area (Å²) >= 11 is 0. The molecule has 0 aliphatic rings. The molecule has 0 heterocycles. The van der Waals surface area contributed by atoms with Gasteiger partial charge in [0.05, 0.1) is 18.7 Å². The van der Waals surface area contributed by atoms with E-state index in [-0.39, 0.29) is 0 Å². The smallest absolute Gasteiger partial charge is 0.124 e. The molecule has 2 rings (SSSR count). The maximum absolute atomic E-state index is 9.04. The molecule has 0 radical (unpaired) electrons. The molecule has 2 N–H and O–H groups in total. The monoisotopic (exact) mass is 268 g/mol. The molecule has 4 nitrogen and oxygen atoms in total. The van der Waals surface area contributed by atoms with Crippen molar-refractivity contribution in [3.63, 3.8) is 0 Å². The second-order valence-electron chi connectivity index (χ2n) is 4.24. The summed E-state index contributed by atoms with van der Waals surface area (Å²) in [6.07, 6.45) is 0. The van der Waals surface area contributed by atoms with Crippen LogP contribution in [0, 0.1) is 11.3 Å². The molecule has 0 saturated carbocycles. The average Bonchev–Trinajstić information content (AvgIpc) is 2.52. The number of nitrogens with two attached hydrogens (primary N) is 1. The lowest BCUT2D eigenvalue weighted by atomic mass is 10.1. The lowest BCUT2D eigenvalue weighted by Crippen LogP contribution is -2.04. The minimum atomic E-state index is 0.336. The first-order chi connectivity index (χ1) is 9.78. The SMILES string of the molecule is COc1ccc(OCc2ccccc2C#N)c(CN)c1. The van der Waals surface area contributed by atoms with Crippen molar-refractivity contribution >= 4 is 0 Å². The van der Waals surface area contributed by atoms with Crippen LogP contribution in [-0.4, -0.2) is 7.11 Å². The third kappa shape index (κ3) is 3.08. The molecule has 4 heteroatoms. The van der Waals surface area contributed by atoms with Gasteiger partial charge in [0, 0.05) is 17.7 Å². The molecule has 0 aromatic heterocycles. The zero-order valence-electron chi connectivity index (χ0n) is 11.3. The second kappa shape index (κ2) is 6.60. The molecule has 0 amide bonds. The van der Waals surface area contributed by atoms with E-state index in [4.69, 9.17) is 20.5 Å². The lowest BCUT2D eigenvalue weighted by Gasteiger charge is -2.12. The Bertz CT molecular complexity index is 633. The highest BCUT2D eigenvalue weighted by molar-refractivity contribution is 5.41. The van der Waals surface area contributed by atoms with Crippen LogP contribution in [0.25, 0.3) is 0 Å². The summed E-state index contributed by atoms with van der Waals surface area (Å²) in [6, 6.07) is 15.0. The van der Waals surface area contributed by atoms with Crippen LogP contribution in [0.4, 0.5) is 0 Å². The van der Waals surface area contributed by atoms with Gasteiger partial charge in [-0.3, -0.25) is 0 Å². The molecular weight excluding hydrogens is 252 g/mol. The van der Waals surface area contributed by atoms with E-state index >= 15 is 0 Å². The molecule has 20 heavy (non-hydrogen) atoms. The molecule has 102 valence electrons. The maximum atomic E-state index is 9.04. The van der Waals surface area contributed by atoms with E-state index in [0.29, 0.717) is 24.5 Å². The summed E-state index contributed by atoms with van der Waals surface area (Å²) in [4.78, 5) is 0. The number of nitrogens with zero attached hydrogens (tertiary/aromatic N) is 1. The van der Waals surface area contributed by atoms with E-state index in [9.17, 15) is 0 Å². The molecule has 0 aliphatic heterocycles. The van der Waals surface area contributed by atoms with Gasteiger partial charge in [0.15, 0.2) is 0 Å². The van der Waals surface area contributed by atoms with E-state index in [1.807, 2.05) is 36.4 Å². The van der Waals surface area contributed by atoms with Crippen LogP contribution >= 0.6 is 0 Å². The van der Waals surface area contributed by atoms with Gasteiger partial charge in [-0.1, -0.05) is 18.2 Å². The van der Waals surface area contributed by atoms with Crippen molar-refractivity contribution in [2.75, 3.05) is 7.11 Å². The normalized spacial score (nSPS) is 9.85. The summed E-state index contributed by atoms with van der Waals surface area (Å²) < 4.78 is 10.9. The first-order valence-electron chi connectivity index (χ1n) is 6.26. The number of hydrogen-bond acceptors (Lipinski definition) is 4. The predicted molar refractivity (Wildman–Crippen MR) is 76.4 cm³/mol. The zero-order valence-corrected chi connectivity index (χ0v) is 11.3. The highest BCUT2D eigenvalue weighted by Crippen LogP contribution is 2.25. The van der Waals surface area contributed by atoms with Gasteiger partial charge in [0.25, 0.3) is 0 Å².